The van der Waals surface area contributed by atoms with E-state index in [0.717, 1.165) is 12.8 Å². The Morgan fingerprint density at radius 2 is 1.85 bits per heavy atom. The first-order valence-corrected chi connectivity index (χ1v) is 10.5. The third kappa shape index (κ3) is 5.21. The summed E-state index contributed by atoms with van der Waals surface area (Å²) in [6.07, 6.45) is 3.24. The second-order valence-corrected chi connectivity index (χ2v) is 8.45. The lowest BCUT2D eigenvalue weighted by Gasteiger charge is -2.26. The number of rotatable bonds is 6. The van der Waals surface area contributed by atoms with Crippen LogP contribution in [0, 0.1) is 11.8 Å². The molecule has 1 aliphatic carbocycles. The largest absolute Gasteiger partial charge is 0.481 e. The first-order chi connectivity index (χ1) is 12.9. The molecule has 1 aromatic heterocycles. The number of halogens is 2. The Hall–Kier alpha value is -1.63. The molecule has 1 saturated carbocycles. The van der Waals surface area contributed by atoms with E-state index >= 15 is 0 Å². The Labute approximate surface area is 171 Å². The van der Waals surface area contributed by atoms with Crippen molar-refractivity contribution in [2.75, 3.05) is 6.54 Å². The average Bonchev–Trinajstić information content (AvgIpc) is 3.08. The Bertz CT molecular complexity index is 812. The van der Waals surface area contributed by atoms with E-state index in [1.165, 1.54) is 11.3 Å². The Balaban J connectivity index is 1.51. The number of nitrogens with zero attached hydrogens (tertiary/aromatic N) is 1. The number of hydrogen-bond donors (Lipinski definition) is 2. The number of nitrogens with one attached hydrogen (secondary N) is 1. The summed E-state index contributed by atoms with van der Waals surface area (Å²) in [5, 5.41) is 15.6. The zero-order chi connectivity index (χ0) is 19.4. The summed E-state index contributed by atoms with van der Waals surface area (Å²) < 4.78 is 0. The average molecular weight is 427 g/mol. The highest BCUT2D eigenvalue weighted by Crippen LogP contribution is 2.36. The minimum absolute atomic E-state index is 0.0857. The molecule has 2 aromatic rings. The number of thiazole rings is 1. The molecular formula is C19H20Cl2N2O3S. The number of aromatic nitrogens is 1. The van der Waals surface area contributed by atoms with Crippen LogP contribution < -0.4 is 5.32 Å². The molecule has 0 bridgehead atoms. The molecule has 2 N–H and O–H groups in total. The molecule has 0 saturated heterocycles. The van der Waals surface area contributed by atoms with Crippen molar-refractivity contribution < 1.29 is 14.7 Å². The Kier molecular flexibility index (Phi) is 6.73. The third-order valence-electron chi connectivity index (χ3n) is 4.85. The van der Waals surface area contributed by atoms with Crippen molar-refractivity contribution in [2.45, 2.75) is 32.1 Å². The molecule has 0 unspecified atom stereocenters. The fourth-order valence-electron chi connectivity index (χ4n) is 3.30. The number of carboxylic acids is 1. The molecular weight excluding hydrogens is 407 g/mol. The van der Waals surface area contributed by atoms with Gasteiger partial charge in [0.25, 0.3) is 0 Å². The van der Waals surface area contributed by atoms with E-state index in [-0.39, 0.29) is 18.2 Å². The quantitative estimate of drug-likeness (QED) is 0.703. The zero-order valence-corrected chi connectivity index (χ0v) is 16.9. The highest BCUT2D eigenvalue weighted by molar-refractivity contribution is 7.13. The van der Waals surface area contributed by atoms with Gasteiger partial charge in [0.2, 0.25) is 5.91 Å². The fourth-order valence-corrected chi connectivity index (χ4v) is 4.88. The van der Waals surface area contributed by atoms with Crippen LogP contribution in [0.3, 0.4) is 0 Å². The molecule has 0 radical (unpaired) electrons. The van der Waals surface area contributed by atoms with Gasteiger partial charge in [-0.1, -0.05) is 29.3 Å². The lowest BCUT2D eigenvalue weighted by atomic mass is 9.82. The van der Waals surface area contributed by atoms with Crippen molar-refractivity contribution in [3.8, 4) is 10.6 Å². The lowest BCUT2D eigenvalue weighted by Crippen LogP contribution is -2.33. The van der Waals surface area contributed by atoms with Crippen LogP contribution in [-0.2, 0) is 16.0 Å². The number of amides is 1. The maximum absolute atomic E-state index is 12.2. The van der Waals surface area contributed by atoms with Gasteiger partial charge in [0, 0.05) is 17.5 Å². The summed E-state index contributed by atoms with van der Waals surface area (Å²) in [4.78, 5) is 27.7. The van der Waals surface area contributed by atoms with Gasteiger partial charge in [-0.05, 0) is 43.7 Å². The van der Waals surface area contributed by atoms with Gasteiger partial charge in [-0.25, -0.2) is 4.98 Å². The molecule has 1 aliphatic rings. The number of carbonyl (C=O) groups is 2. The van der Waals surface area contributed by atoms with Crippen molar-refractivity contribution in [1.82, 2.24) is 10.3 Å². The number of hydrogen-bond acceptors (Lipinski definition) is 4. The van der Waals surface area contributed by atoms with E-state index in [2.05, 4.69) is 10.3 Å². The summed E-state index contributed by atoms with van der Waals surface area (Å²) in [5.41, 5.74) is 1.37. The predicted octanol–water partition coefficient (Wildman–Crippen LogP) is 4.67. The van der Waals surface area contributed by atoms with Gasteiger partial charge < -0.3 is 10.4 Å². The second kappa shape index (κ2) is 9.04. The minimum atomic E-state index is -0.713. The number of carbonyl (C=O) groups excluding carboxylic acids is 1. The summed E-state index contributed by atoms with van der Waals surface area (Å²) in [6, 6.07) is 5.30. The smallest absolute Gasteiger partial charge is 0.306 e. The zero-order valence-electron chi connectivity index (χ0n) is 14.6. The molecule has 8 heteroatoms. The molecule has 3 rings (SSSR count). The molecule has 1 heterocycles. The van der Waals surface area contributed by atoms with E-state index in [4.69, 9.17) is 28.3 Å². The van der Waals surface area contributed by atoms with Gasteiger partial charge in [0.1, 0.15) is 5.01 Å². The first-order valence-electron chi connectivity index (χ1n) is 8.82. The van der Waals surface area contributed by atoms with Gasteiger partial charge in [0.15, 0.2) is 0 Å². The number of benzene rings is 1. The van der Waals surface area contributed by atoms with Crippen LogP contribution in [0.5, 0.6) is 0 Å². The Morgan fingerprint density at radius 3 is 2.48 bits per heavy atom. The van der Waals surface area contributed by atoms with Gasteiger partial charge in [-0.3, -0.25) is 9.59 Å². The molecule has 0 aliphatic heterocycles. The van der Waals surface area contributed by atoms with Crippen LogP contribution in [-0.4, -0.2) is 28.5 Å². The van der Waals surface area contributed by atoms with E-state index in [0.29, 0.717) is 51.6 Å². The highest BCUT2D eigenvalue weighted by atomic mass is 35.5. The van der Waals surface area contributed by atoms with Gasteiger partial charge >= 0.3 is 5.97 Å². The van der Waals surface area contributed by atoms with Crippen molar-refractivity contribution >= 4 is 46.4 Å². The van der Waals surface area contributed by atoms with Gasteiger partial charge in [-0.2, -0.15) is 0 Å². The summed E-state index contributed by atoms with van der Waals surface area (Å²) in [5.74, 6) is -0.688. The van der Waals surface area contributed by atoms with Crippen LogP contribution >= 0.6 is 34.5 Å². The summed E-state index contributed by atoms with van der Waals surface area (Å²) >= 11 is 13.8. The Morgan fingerprint density at radius 1 is 1.19 bits per heavy atom. The van der Waals surface area contributed by atoms with E-state index in [9.17, 15) is 9.59 Å². The molecule has 144 valence electrons. The molecule has 1 amide bonds. The monoisotopic (exact) mass is 426 g/mol. The molecule has 0 atom stereocenters. The van der Waals surface area contributed by atoms with Gasteiger partial charge in [0.05, 0.1) is 28.1 Å². The predicted molar refractivity (Wildman–Crippen MR) is 107 cm³/mol. The summed E-state index contributed by atoms with van der Waals surface area (Å²) in [7, 11) is 0. The molecule has 1 aromatic carbocycles. The molecule has 27 heavy (non-hydrogen) atoms. The van der Waals surface area contributed by atoms with Crippen LogP contribution in [0.1, 0.15) is 31.4 Å². The lowest BCUT2D eigenvalue weighted by molar-refractivity contribution is -0.143. The number of aliphatic carboxylic acids is 1. The van der Waals surface area contributed by atoms with Gasteiger partial charge in [-0.15, -0.1) is 11.3 Å². The fraction of sp³-hybridized carbons (Fsp3) is 0.421. The first kappa shape index (κ1) is 20.1. The SMILES string of the molecule is O=C(Cc1csc(-c2c(Cl)cccc2Cl)n1)NCC1CCC(C(=O)O)CC1. The second-order valence-electron chi connectivity index (χ2n) is 6.78. The van der Waals surface area contributed by atoms with Crippen LogP contribution in [0.25, 0.3) is 10.6 Å². The normalized spacial score (nSPS) is 19.6. The van der Waals surface area contributed by atoms with Crippen molar-refractivity contribution in [3.63, 3.8) is 0 Å². The van der Waals surface area contributed by atoms with E-state index in [1.54, 1.807) is 18.2 Å². The van der Waals surface area contributed by atoms with Crippen molar-refractivity contribution in [1.29, 1.82) is 0 Å². The van der Waals surface area contributed by atoms with Crippen molar-refractivity contribution in [2.24, 2.45) is 11.8 Å². The van der Waals surface area contributed by atoms with Crippen LogP contribution in [0.15, 0.2) is 23.6 Å². The topological polar surface area (TPSA) is 79.3 Å². The van der Waals surface area contributed by atoms with E-state index in [1.807, 2.05) is 5.38 Å². The highest BCUT2D eigenvalue weighted by Gasteiger charge is 2.26. The molecule has 5 nitrogen and oxygen atoms in total. The minimum Gasteiger partial charge on any atom is -0.481 e. The van der Waals surface area contributed by atoms with Crippen molar-refractivity contribution in [3.05, 3.63) is 39.3 Å². The molecule has 0 spiro atoms. The maximum Gasteiger partial charge on any atom is 0.306 e. The summed E-state index contributed by atoms with van der Waals surface area (Å²) in [6.45, 7) is 0.582. The van der Waals surface area contributed by atoms with Crippen LogP contribution in [0.2, 0.25) is 10.0 Å². The standard InChI is InChI=1S/C19H20Cl2N2O3S/c20-14-2-1-3-15(21)17(14)18-23-13(10-27-18)8-16(24)22-9-11-4-6-12(7-5-11)19(25)26/h1-3,10-12H,4-9H2,(H,22,24)(H,25,26). The third-order valence-corrected chi connectivity index (χ3v) is 6.39. The number of carboxylic acid groups (broad SMARTS) is 1. The molecule has 1 fully saturated rings. The van der Waals surface area contributed by atoms with E-state index < -0.39 is 5.97 Å². The van der Waals surface area contributed by atoms with Crippen LogP contribution in [0.4, 0.5) is 0 Å². The maximum atomic E-state index is 12.2.